The van der Waals surface area contributed by atoms with Gasteiger partial charge in [0.15, 0.2) is 6.61 Å². The lowest BCUT2D eigenvalue weighted by Gasteiger charge is -2.26. The van der Waals surface area contributed by atoms with Crippen LogP contribution in [0.3, 0.4) is 0 Å². The number of nitrogens with one attached hydrogen (secondary N) is 1. The number of nitrogens with zero attached hydrogens (tertiary/aromatic N) is 1. The summed E-state index contributed by atoms with van der Waals surface area (Å²) >= 11 is 0. The van der Waals surface area contributed by atoms with E-state index in [0.29, 0.717) is 5.75 Å². The molecule has 26 heavy (non-hydrogen) atoms. The van der Waals surface area contributed by atoms with E-state index < -0.39 is 17.9 Å². The smallest absolute Gasteiger partial charge is 0.326 e. The molecule has 0 aliphatic rings. The van der Waals surface area contributed by atoms with Crippen LogP contribution < -0.4 is 10.1 Å². The van der Waals surface area contributed by atoms with Crippen LogP contribution in [0.25, 0.3) is 0 Å². The molecular weight excluding hydrogens is 336 g/mol. The fourth-order valence-corrected chi connectivity index (χ4v) is 2.30. The maximum atomic E-state index is 12.4. The molecule has 1 aromatic carbocycles. The maximum absolute atomic E-state index is 12.4. The van der Waals surface area contributed by atoms with Crippen LogP contribution in [-0.2, 0) is 19.8 Å². The lowest BCUT2D eigenvalue weighted by Crippen LogP contribution is -2.48. The van der Waals surface area contributed by atoms with Gasteiger partial charge in [-0.1, -0.05) is 32.9 Å². The molecule has 7 nitrogen and oxygen atoms in total. The number of ether oxygens (including phenoxy) is 1. The van der Waals surface area contributed by atoms with E-state index in [1.165, 1.54) is 18.7 Å². The Morgan fingerprint density at radius 1 is 1.19 bits per heavy atom. The third kappa shape index (κ3) is 6.74. The molecule has 0 heterocycles. The van der Waals surface area contributed by atoms with E-state index in [0.717, 1.165) is 5.56 Å². The first-order chi connectivity index (χ1) is 12.0. The van der Waals surface area contributed by atoms with E-state index in [4.69, 9.17) is 4.74 Å². The van der Waals surface area contributed by atoms with Gasteiger partial charge in [-0.25, -0.2) is 4.79 Å². The standard InChI is InChI=1S/C19H28N2O5/c1-13(18(24)25)21(11-10-20-14(2)22)17(23)12-26-16-8-6-15(7-9-16)19(3,4)5/h6-9,13H,10-12H2,1-5H3,(H,20,22)(H,24,25). The number of carboxylic acids is 1. The van der Waals surface area contributed by atoms with Gasteiger partial charge in [0.1, 0.15) is 11.8 Å². The Hall–Kier alpha value is -2.57. The van der Waals surface area contributed by atoms with E-state index in [9.17, 15) is 19.5 Å². The second-order valence-corrected chi connectivity index (χ2v) is 7.15. The summed E-state index contributed by atoms with van der Waals surface area (Å²) in [5, 5.41) is 11.7. The second kappa shape index (κ2) is 9.22. The number of carboxylic acid groups (broad SMARTS) is 1. The minimum absolute atomic E-state index is 0.0196. The Bertz CT molecular complexity index is 634. The number of hydrogen-bond donors (Lipinski definition) is 2. The molecule has 0 saturated heterocycles. The predicted molar refractivity (Wildman–Crippen MR) is 98.1 cm³/mol. The average Bonchev–Trinajstić information content (AvgIpc) is 2.55. The molecule has 1 atom stereocenters. The van der Waals surface area contributed by atoms with Crippen molar-refractivity contribution < 1.29 is 24.2 Å². The monoisotopic (exact) mass is 364 g/mol. The molecule has 0 radical (unpaired) electrons. The topological polar surface area (TPSA) is 95.9 Å². The molecule has 0 aromatic heterocycles. The quantitative estimate of drug-likeness (QED) is 0.733. The van der Waals surface area contributed by atoms with E-state index in [-0.39, 0.29) is 31.0 Å². The number of carbonyl (C=O) groups excluding carboxylic acids is 2. The van der Waals surface area contributed by atoms with Crippen molar-refractivity contribution in [3.63, 3.8) is 0 Å². The molecule has 2 amide bonds. The second-order valence-electron chi connectivity index (χ2n) is 7.15. The van der Waals surface area contributed by atoms with Gasteiger partial charge in [0.2, 0.25) is 5.91 Å². The van der Waals surface area contributed by atoms with Crippen LogP contribution in [-0.4, -0.2) is 53.5 Å². The summed E-state index contributed by atoms with van der Waals surface area (Å²) in [5.74, 6) is -1.27. The van der Waals surface area contributed by atoms with Gasteiger partial charge < -0.3 is 20.1 Å². The predicted octanol–water partition coefficient (Wildman–Crippen LogP) is 1.80. The van der Waals surface area contributed by atoms with Crippen LogP contribution in [0, 0.1) is 0 Å². The van der Waals surface area contributed by atoms with E-state index in [2.05, 4.69) is 26.1 Å². The Balaban J connectivity index is 2.70. The van der Waals surface area contributed by atoms with Gasteiger partial charge in [0, 0.05) is 20.0 Å². The molecule has 144 valence electrons. The molecule has 0 saturated carbocycles. The van der Waals surface area contributed by atoms with Crippen LogP contribution in [0.15, 0.2) is 24.3 Å². The van der Waals surface area contributed by atoms with E-state index in [1.54, 1.807) is 12.1 Å². The average molecular weight is 364 g/mol. The van der Waals surface area contributed by atoms with Crippen molar-refractivity contribution >= 4 is 17.8 Å². The third-order valence-electron chi connectivity index (χ3n) is 3.95. The molecule has 0 aliphatic carbocycles. The van der Waals surface area contributed by atoms with Gasteiger partial charge in [-0.15, -0.1) is 0 Å². The molecule has 0 spiro atoms. The molecular formula is C19H28N2O5. The van der Waals surface area contributed by atoms with Crippen LogP contribution in [0.2, 0.25) is 0 Å². The molecule has 1 unspecified atom stereocenters. The van der Waals surface area contributed by atoms with E-state index >= 15 is 0 Å². The normalized spacial score (nSPS) is 12.2. The van der Waals surface area contributed by atoms with Crippen molar-refractivity contribution in [1.82, 2.24) is 10.2 Å². The zero-order chi connectivity index (χ0) is 19.9. The summed E-state index contributed by atoms with van der Waals surface area (Å²) in [7, 11) is 0. The lowest BCUT2D eigenvalue weighted by molar-refractivity contribution is -0.150. The molecule has 0 fully saturated rings. The Kier molecular flexibility index (Phi) is 7.61. The highest BCUT2D eigenvalue weighted by Crippen LogP contribution is 2.24. The lowest BCUT2D eigenvalue weighted by atomic mass is 9.87. The summed E-state index contributed by atoms with van der Waals surface area (Å²) in [5.41, 5.74) is 1.17. The van der Waals surface area contributed by atoms with Crippen LogP contribution in [0.4, 0.5) is 0 Å². The van der Waals surface area contributed by atoms with Gasteiger partial charge >= 0.3 is 5.97 Å². The van der Waals surface area contributed by atoms with Crippen LogP contribution >= 0.6 is 0 Å². The van der Waals surface area contributed by atoms with Crippen molar-refractivity contribution in [2.75, 3.05) is 19.7 Å². The fraction of sp³-hybridized carbons (Fsp3) is 0.526. The number of hydrogen-bond acceptors (Lipinski definition) is 4. The number of benzene rings is 1. The largest absolute Gasteiger partial charge is 0.484 e. The first kappa shape index (κ1) is 21.5. The van der Waals surface area contributed by atoms with Crippen molar-refractivity contribution in [3.8, 4) is 5.75 Å². The Labute approximate surface area is 154 Å². The highest BCUT2D eigenvalue weighted by molar-refractivity contribution is 5.84. The van der Waals surface area contributed by atoms with Crippen molar-refractivity contribution in [2.45, 2.75) is 46.1 Å². The first-order valence-electron chi connectivity index (χ1n) is 8.52. The molecule has 2 N–H and O–H groups in total. The maximum Gasteiger partial charge on any atom is 0.326 e. The first-order valence-corrected chi connectivity index (χ1v) is 8.52. The summed E-state index contributed by atoms with van der Waals surface area (Å²) in [6, 6.07) is 6.44. The number of rotatable bonds is 8. The van der Waals surface area contributed by atoms with Crippen molar-refractivity contribution in [1.29, 1.82) is 0 Å². The Morgan fingerprint density at radius 3 is 2.23 bits per heavy atom. The summed E-state index contributed by atoms with van der Waals surface area (Å²) in [6.45, 7) is 9.10. The third-order valence-corrected chi connectivity index (χ3v) is 3.95. The minimum atomic E-state index is -1.12. The Morgan fingerprint density at radius 2 is 1.77 bits per heavy atom. The van der Waals surface area contributed by atoms with Crippen LogP contribution in [0.5, 0.6) is 5.75 Å². The minimum Gasteiger partial charge on any atom is -0.484 e. The molecule has 1 rings (SSSR count). The highest BCUT2D eigenvalue weighted by atomic mass is 16.5. The molecule has 1 aromatic rings. The van der Waals surface area contributed by atoms with Crippen LogP contribution in [0.1, 0.15) is 40.2 Å². The molecule has 7 heteroatoms. The van der Waals surface area contributed by atoms with Gasteiger partial charge in [0.25, 0.3) is 5.91 Å². The van der Waals surface area contributed by atoms with Gasteiger partial charge in [-0.3, -0.25) is 9.59 Å². The van der Waals surface area contributed by atoms with Gasteiger partial charge in [-0.05, 0) is 30.0 Å². The highest BCUT2D eigenvalue weighted by Gasteiger charge is 2.25. The number of carbonyl (C=O) groups is 3. The summed E-state index contributed by atoms with van der Waals surface area (Å²) in [6.07, 6.45) is 0. The van der Waals surface area contributed by atoms with Gasteiger partial charge in [0.05, 0.1) is 0 Å². The summed E-state index contributed by atoms with van der Waals surface area (Å²) < 4.78 is 5.50. The molecule has 0 bridgehead atoms. The van der Waals surface area contributed by atoms with Crippen molar-refractivity contribution in [3.05, 3.63) is 29.8 Å². The number of aliphatic carboxylic acids is 1. The van der Waals surface area contributed by atoms with E-state index in [1.807, 2.05) is 12.1 Å². The fourth-order valence-electron chi connectivity index (χ4n) is 2.30. The van der Waals surface area contributed by atoms with Crippen molar-refractivity contribution in [2.24, 2.45) is 0 Å². The summed E-state index contributed by atoms with van der Waals surface area (Å²) in [4.78, 5) is 35.7. The zero-order valence-corrected chi connectivity index (χ0v) is 16.0. The number of amides is 2. The SMILES string of the molecule is CC(=O)NCCN(C(=O)COc1ccc(C(C)(C)C)cc1)C(C)C(=O)O. The van der Waals surface area contributed by atoms with Gasteiger partial charge in [-0.2, -0.15) is 0 Å². The zero-order valence-electron chi connectivity index (χ0n) is 16.0. The molecule has 0 aliphatic heterocycles.